The smallest absolute Gasteiger partial charge is 0.142 e. The van der Waals surface area contributed by atoms with E-state index >= 15 is 0 Å². The Hall–Kier alpha value is -0.640. The second-order valence-electron chi connectivity index (χ2n) is 5.15. The predicted octanol–water partition coefficient (Wildman–Crippen LogP) is 2.91. The van der Waals surface area contributed by atoms with Crippen LogP contribution in [0.1, 0.15) is 18.4 Å². The number of halogens is 2. The maximum Gasteiger partial charge on any atom is 0.142 e. The molecule has 1 fully saturated rings. The first-order valence-corrected chi connectivity index (χ1v) is 6.86. The van der Waals surface area contributed by atoms with Crippen molar-refractivity contribution in [1.29, 1.82) is 0 Å². The molecule has 1 aromatic carbocycles. The summed E-state index contributed by atoms with van der Waals surface area (Å²) in [5, 5.41) is 3.59. The highest BCUT2D eigenvalue weighted by atomic mass is 35.5. The van der Waals surface area contributed by atoms with Crippen molar-refractivity contribution >= 4 is 11.6 Å². The molecule has 1 aromatic rings. The molecule has 1 heterocycles. The maximum absolute atomic E-state index is 13.2. The number of benzene rings is 1. The van der Waals surface area contributed by atoms with Crippen LogP contribution in [0, 0.1) is 11.7 Å². The molecule has 0 radical (unpaired) electrons. The molecule has 1 saturated heterocycles. The summed E-state index contributed by atoms with van der Waals surface area (Å²) in [7, 11) is 2.17. The van der Waals surface area contributed by atoms with E-state index in [4.69, 9.17) is 11.6 Å². The highest BCUT2D eigenvalue weighted by Crippen LogP contribution is 2.16. The highest BCUT2D eigenvalue weighted by Gasteiger charge is 2.16. The quantitative estimate of drug-likeness (QED) is 0.905. The van der Waals surface area contributed by atoms with E-state index in [1.165, 1.54) is 25.5 Å². The molecule has 0 bridgehead atoms. The van der Waals surface area contributed by atoms with Crippen molar-refractivity contribution in [3.8, 4) is 0 Å². The van der Waals surface area contributed by atoms with Crippen molar-refractivity contribution in [2.24, 2.45) is 5.92 Å². The zero-order valence-electron chi connectivity index (χ0n) is 10.8. The van der Waals surface area contributed by atoms with Gasteiger partial charge in [-0.3, -0.25) is 0 Å². The first-order chi connectivity index (χ1) is 8.65. The number of hydrogen-bond donors (Lipinski definition) is 1. The van der Waals surface area contributed by atoms with Crippen LogP contribution in [0.25, 0.3) is 0 Å². The molecule has 1 aliphatic heterocycles. The third-order valence-electron chi connectivity index (χ3n) is 3.47. The van der Waals surface area contributed by atoms with Crippen LogP contribution in [0.5, 0.6) is 0 Å². The topological polar surface area (TPSA) is 15.3 Å². The van der Waals surface area contributed by atoms with Crippen LogP contribution in [0.2, 0.25) is 5.02 Å². The van der Waals surface area contributed by atoms with Gasteiger partial charge in [-0.05, 0) is 56.6 Å². The fraction of sp³-hybridized carbons (Fsp3) is 0.571. The summed E-state index contributed by atoms with van der Waals surface area (Å²) in [5.41, 5.74) is 0.945. The summed E-state index contributed by atoms with van der Waals surface area (Å²) in [4.78, 5) is 2.37. The number of likely N-dealkylation sites (tertiary alicyclic amines) is 1. The molecule has 100 valence electrons. The van der Waals surface area contributed by atoms with Gasteiger partial charge in [0.05, 0.1) is 5.02 Å². The van der Waals surface area contributed by atoms with Gasteiger partial charge in [-0.15, -0.1) is 0 Å². The second-order valence-corrected chi connectivity index (χ2v) is 5.56. The standard InChI is InChI=1S/C14H20ClFN2/c1-18-6-2-3-12(10-18)9-17-8-11-4-5-13(15)14(16)7-11/h4-5,7,12,17H,2-3,6,8-10H2,1H3. The third-order valence-corrected chi connectivity index (χ3v) is 3.77. The molecule has 4 heteroatoms. The minimum absolute atomic E-state index is 0.188. The zero-order valence-corrected chi connectivity index (χ0v) is 11.5. The van der Waals surface area contributed by atoms with Crippen LogP contribution in [-0.4, -0.2) is 31.6 Å². The molecule has 2 nitrogen and oxygen atoms in total. The average molecular weight is 271 g/mol. The molecule has 2 rings (SSSR count). The van der Waals surface area contributed by atoms with E-state index in [0.717, 1.165) is 18.7 Å². The third kappa shape index (κ3) is 3.94. The monoisotopic (exact) mass is 270 g/mol. The summed E-state index contributed by atoms with van der Waals surface area (Å²) in [5.74, 6) is 0.370. The molecule has 1 N–H and O–H groups in total. The van der Waals surface area contributed by atoms with Crippen molar-refractivity contribution < 1.29 is 4.39 Å². The van der Waals surface area contributed by atoms with Gasteiger partial charge in [-0.2, -0.15) is 0 Å². The predicted molar refractivity (Wildman–Crippen MR) is 73.3 cm³/mol. The van der Waals surface area contributed by atoms with E-state index in [-0.39, 0.29) is 10.8 Å². The van der Waals surface area contributed by atoms with Gasteiger partial charge >= 0.3 is 0 Å². The number of nitrogens with one attached hydrogen (secondary N) is 1. The van der Waals surface area contributed by atoms with Crippen molar-refractivity contribution in [3.05, 3.63) is 34.6 Å². The molecule has 0 saturated carbocycles. The Kier molecular flexibility index (Phi) is 4.98. The largest absolute Gasteiger partial charge is 0.312 e. The fourth-order valence-corrected chi connectivity index (χ4v) is 2.63. The van der Waals surface area contributed by atoms with E-state index in [9.17, 15) is 4.39 Å². The summed E-state index contributed by atoms with van der Waals surface area (Å²) in [6.07, 6.45) is 2.56. The number of hydrogen-bond acceptors (Lipinski definition) is 2. The Morgan fingerprint density at radius 1 is 1.50 bits per heavy atom. The Balaban J connectivity index is 1.76. The summed E-state index contributed by atoms with van der Waals surface area (Å²) in [6.45, 7) is 4.06. The van der Waals surface area contributed by atoms with Gasteiger partial charge in [-0.1, -0.05) is 17.7 Å². The minimum Gasteiger partial charge on any atom is -0.312 e. The Morgan fingerprint density at radius 2 is 2.33 bits per heavy atom. The second kappa shape index (κ2) is 6.50. The average Bonchev–Trinajstić information content (AvgIpc) is 2.34. The molecular weight excluding hydrogens is 251 g/mol. The van der Waals surface area contributed by atoms with Gasteiger partial charge in [0.1, 0.15) is 5.82 Å². The lowest BCUT2D eigenvalue weighted by molar-refractivity contribution is 0.206. The van der Waals surface area contributed by atoms with E-state index in [0.29, 0.717) is 12.5 Å². The number of piperidine rings is 1. The van der Waals surface area contributed by atoms with Gasteiger partial charge < -0.3 is 10.2 Å². The molecule has 1 atom stereocenters. The van der Waals surface area contributed by atoms with Gasteiger partial charge in [0.2, 0.25) is 0 Å². The Morgan fingerprint density at radius 3 is 3.06 bits per heavy atom. The van der Waals surface area contributed by atoms with Crippen molar-refractivity contribution in [2.75, 3.05) is 26.7 Å². The Bertz CT molecular complexity index is 397. The molecular formula is C14H20ClFN2. The molecule has 1 aliphatic rings. The number of nitrogens with zero attached hydrogens (tertiary/aromatic N) is 1. The molecule has 0 aliphatic carbocycles. The SMILES string of the molecule is CN1CCCC(CNCc2ccc(Cl)c(F)c2)C1. The van der Waals surface area contributed by atoms with E-state index in [2.05, 4.69) is 17.3 Å². The van der Waals surface area contributed by atoms with Gasteiger partial charge in [0.15, 0.2) is 0 Å². The van der Waals surface area contributed by atoms with E-state index in [1.807, 2.05) is 6.07 Å². The molecule has 1 unspecified atom stereocenters. The van der Waals surface area contributed by atoms with Crippen LogP contribution in [-0.2, 0) is 6.54 Å². The highest BCUT2D eigenvalue weighted by molar-refractivity contribution is 6.30. The Labute approximate surface area is 113 Å². The van der Waals surface area contributed by atoms with Crippen molar-refractivity contribution in [2.45, 2.75) is 19.4 Å². The van der Waals surface area contributed by atoms with E-state index in [1.54, 1.807) is 6.07 Å². The van der Waals surface area contributed by atoms with E-state index < -0.39 is 0 Å². The normalized spacial score (nSPS) is 21.2. The zero-order chi connectivity index (χ0) is 13.0. The van der Waals surface area contributed by atoms with Crippen LogP contribution < -0.4 is 5.32 Å². The summed E-state index contributed by atoms with van der Waals surface area (Å²) >= 11 is 5.65. The van der Waals surface area contributed by atoms with Gasteiger partial charge in [-0.25, -0.2) is 4.39 Å². The van der Waals surface area contributed by atoms with Crippen molar-refractivity contribution in [1.82, 2.24) is 10.2 Å². The number of rotatable bonds is 4. The maximum atomic E-state index is 13.2. The first kappa shape index (κ1) is 13.8. The first-order valence-electron chi connectivity index (χ1n) is 6.48. The summed E-state index contributed by atoms with van der Waals surface area (Å²) in [6, 6.07) is 4.98. The molecule has 0 aromatic heterocycles. The lowest BCUT2D eigenvalue weighted by Gasteiger charge is -2.29. The van der Waals surface area contributed by atoms with Crippen LogP contribution >= 0.6 is 11.6 Å². The lowest BCUT2D eigenvalue weighted by Crippen LogP contribution is -2.37. The molecule has 0 spiro atoms. The minimum atomic E-state index is -0.339. The molecule has 18 heavy (non-hydrogen) atoms. The van der Waals surface area contributed by atoms with Crippen LogP contribution in [0.4, 0.5) is 4.39 Å². The van der Waals surface area contributed by atoms with Gasteiger partial charge in [0, 0.05) is 13.1 Å². The van der Waals surface area contributed by atoms with Crippen LogP contribution in [0.15, 0.2) is 18.2 Å². The fourth-order valence-electron chi connectivity index (χ4n) is 2.51. The lowest BCUT2D eigenvalue weighted by atomic mass is 9.98. The van der Waals surface area contributed by atoms with Crippen LogP contribution in [0.3, 0.4) is 0 Å². The van der Waals surface area contributed by atoms with Crippen molar-refractivity contribution in [3.63, 3.8) is 0 Å². The molecule has 0 amide bonds. The van der Waals surface area contributed by atoms with Gasteiger partial charge in [0.25, 0.3) is 0 Å². The summed E-state index contributed by atoms with van der Waals surface area (Å²) < 4.78 is 13.2.